The summed E-state index contributed by atoms with van der Waals surface area (Å²) in [4.78, 5) is 6.97. The van der Waals surface area contributed by atoms with Crippen molar-refractivity contribution in [2.45, 2.75) is 52.1 Å². The summed E-state index contributed by atoms with van der Waals surface area (Å²) in [6, 6.07) is 5.29. The molecule has 2 rings (SSSR count). The summed E-state index contributed by atoms with van der Waals surface area (Å²) >= 11 is 0. The van der Waals surface area contributed by atoms with Crippen LogP contribution in [0.5, 0.6) is 5.88 Å². The number of ether oxygens (including phenoxy) is 1. The number of likely N-dealkylation sites (tertiary alicyclic amines) is 1. The molecule has 0 aliphatic carbocycles. The minimum atomic E-state index is 0.530. The first-order chi connectivity index (χ1) is 8.72. The van der Waals surface area contributed by atoms with Crippen LogP contribution in [0.2, 0.25) is 0 Å². The highest BCUT2D eigenvalue weighted by Gasteiger charge is 2.25. The number of piperidine rings is 1. The molecule has 1 aromatic rings. The van der Waals surface area contributed by atoms with Gasteiger partial charge in [0.05, 0.1) is 6.61 Å². The van der Waals surface area contributed by atoms with Crippen molar-refractivity contribution in [3.8, 4) is 5.88 Å². The third kappa shape index (κ3) is 3.02. The fourth-order valence-corrected chi connectivity index (χ4v) is 2.75. The van der Waals surface area contributed by atoms with Crippen LogP contribution in [0.25, 0.3) is 0 Å². The Balaban J connectivity index is 2.12. The van der Waals surface area contributed by atoms with Gasteiger partial charge in [-0.25, -0.2) is 4.98 Å². The molecule has 1 atom stereocenters. The van der Waals surface area contributed by atoms with Crippen LogP contribution >= 0.6 is 0 Å². The van der Waals surface area contributed by atoms with E-state index in [4.69, 9.17) is 4.74 Å². The standard InChI is InChI=1S/C15H24N2O/c1-4-18-15-9-8-13(11-16-15)14-7-5-6-10-17(14)12(2)3/h8-9,11-12,14H,4-7,10H2,1-3H3/t14-/m1/s1. The van der Waals surface area contributed by atoms with E-state index in [0.29, 0.717) is 18.7 Å². The highest BCUT2D eigenvalue weighted by atomic mass is 16.5. The summed E-state index contributed by atoms with van der Waals surface area (Å²) in [5, 5.41) is 0. The molecule has 1 aromatic heterocycles. The van der Waals surface area contributed by atoms with Gasteiger partial charge in [0.2, 0.25) is 5.88 Å². The van der Waals surface area contributed by atoms with Crippen LogP contribution in [-0.2, 0) is 0 Å². The largest absolute Gasteiger partial charge is 0.478 e. The number of hydrogen-bond acceptors (Lipinski definition) is 3. The van der Waals surface area contributed by atoms with Crippen LogP contribution in [-0.4, -0.2) is 29.1 Å². The Morgan fingerprint density at radius 2 is 2.22 bits per heavy atom. The maximum atomic E-state index is 5.40. The normalized spacial score (nSPS) is 21.2. The third-order valence-electron chi connectivity index (χ3n) is 3.64. The minimum absolute atomic E-state index is 0.530. The smallest absolute Gasteiger partial charge is 0.213 e. The first-order valence-corrected chi connectivity index (χ1v) is 7.07. The first-order valence-electron chi connectivity index (χ1n) is 7.07. The Labute approximate surface area is 110 Å². The van der Waals surface area contributed by atoms with Crippen molar-refractivity contribution >= 4 is 0 Å². The van der Waals surface area contributed by atoms with Crippen molar-refractivity contribution < 1.29 is 4.74 Å². The summed E-state index contributed by atoms with van der Waals surface area (Å²) < 4.78 is 5.40. The minimum Gasteiger partial charge on any atom is -0.478 e. The van der Waals surface area contributed by atoms with E-state index in [-0.39, 0.29) is 0 Å². The molecule has 0 N–H and O–H groups in total. The van der Waals surface area contributed by atoms with E-state index in [9.17, 15) is 0 Å². The van der Waals surface area contributed by atoms with Gasteiger partial charge in [-0.2, -0.15) is 0 Å². The molecule has 0 amide bonds. The molecule has 1 saturated heterocycles. The van der Waals surface area contributed by atoms with Gasteiger partial charge in [0.1, 0.15) is 0 Å². The van der Waals surface area contributed by atoms with E-state index in [0.717, 1.165) is 5.88 Å². The summed E-state index contributed by atoms with van der Waals surface area (Å²) in [7, 11) is 0. The van der Waals surface area contributed by atoms with E-state index >= 15 is 0 Å². The van der Waals surface area contributed by atoms with Gasteiger partial charge < -0.3 is 4.74 Å². The van der Waals surface area contributed by atoms with Crippen LogP contribution in [0.3, 0.4) is 0 Å². The van der Waals surface area contributed by atoms with Gasteiger partial charge in [0, 0.05) is 24.3 Å². The van der Waals surface area contributed by atoms with Gasteiger partial charge in [0.25, 0.3) is 0 Å². The van der Waals surface area contributed by atoms with Crippen molar-refractivity contribution in [3.05, 3.63) is 23.9 Å². The summed E-state index contributed by atoms with van der Waals surface area (Å²) in [5.41, 5.74) is 1.33. The molecular formula is C15H24N2O. The summed E-state index contributed by atoms with van der Waals surface area (Å²) in [6.45, 7) is 8.42. The molecule has 1 aliphatic rings. The van der Waals surface area contributed by atoms with Crippen molar-refractivity contribution in [2.75, 3.05) is 13.2 Å². The lowest BCUT2D eigenvalue weighted by atomic mass is 9.95. The average Bonchev–Trinajstić information content (AvgIpc) is 2.40. The zero-order valence-corrected chi connectivity index (χ0v) is 11.7. The number of rotatable bonds is 4. The maximum Gasteiger partial charge on any atom is 0.213 e. The van der Waals surface area contributed by atoms with Gasteiger partial charge in [-0.15, -0.1) is 0 Å². The quantitative estimate of drug-likeness (QED) is 0.816. The van der Waals surface area contributed by atoms with E-state index in [1.165, 1.54) is 31.4 Å². The van der Waals surface area contributed by atoms with E-state index in [1.54, 1.807) is 0 Å². The summed E-state index contributed by atoms with van der Waals surface area (Å²) in [6.07, 6.45) is 5.87. The lowest BCUT2D eigenvalue weighted by molar-refractivity contribution is 0.111. The predicted molar refractivity (Wildman–Crippen MR) is 73.8 cm³/mol. The van der Waals surface area contributed by atoms with E-state index in [1.807, 2.05) is 19.2 Å². The molecule has 18 heavy (non-hydrogen) atoms. The molecule has 3 heteroatoms. The van der Waals surface area contributed by atoms with Gasteiger partial charge >= 0.3 is 0 Å². The third-order valence-corrected chi connectivity index (χ3v) is 3.64. The highest BCUT2D eigenvalue weighted by molar-refractivity contribution is 5.21. The lowest BCUT2D eigenvalue weighted by Gasteiger charge is -2.38. The van der Waals surface area contributed by atoms with Gasteiger partial charge in [-0.05, 0) is 45.7 Å². The molecule has 1 aliphatic heterocycles. The van der Waals surface area contributed by atoms with Crippen molar-refractivity contribution in [1.29, 1.82) is 0 Å². The number of pyridine rings is 1. The van der Waals surface area contributed by atoms with Gasteiger partial charge in [-0.3, -0.25) is 4.90 Å². The fourth-order valence-electron chi connectivity index (χ4n) is 2.75. The Bertz CT molecular complexity index is 361. The molecule has 3 nitrogen and oxygen atoms in total. The maximum absolute atomic E-state index is 5.40. The molecule has 0 aromatic carbocycles. The molecule has 0 unspecified atom stereocenters. The Hall–Kier alpha value is -1.09. The second-order valence-corrected chi connectivity index (χ2v) is 5.21. The summed E-state index contributed by atoms with van der Waals surface area (Å²) in [5.74, 6) is 0.730. The SMILES string of the molecule is CCOc1ccc([C@H]2CCCCN2C(C)C)cn1. The zero-order valence-electron chi connectivity index (χ0n) is 11.7. The number of hydrogen-bond donors (Lipinski definition) is 0. The molecule has 0 spiro atoms. The van der Waals surface area contributed by atoms with Crippen LogP contribution in [0.1, 0.15) is 51.6 Å². The van der Waals surface area contributed by atoms with Crippen LogP contribution in [0.15, 0.2) is 18.3 Å². The Kier molecular flexibility index (Phi) is 4.59. The molecule has 0 saturated carbocycles. The topological polar surface area (TPSA) is 25.4 Å². The Morgan fingerprint density at radius 3 is 2.83 bits per heavy atom. The zero-order chi connectivity index (χ0) is 13.0. The van der Waals surface area contributed by atoms with Crippen LogP contribution in [0.4, 0.5) is 0 Å². The molecule has 0 bridgehead atoms. The fraction of sp³-hybridized carbons (Fsp3) is 0.667. The Morgan fingerprint density at radius 1 is 1.39 bits per heavy atom. The number of aromatic nitrogens is 1. The monoisotopic (exact) mass is 248 g/mol. The molecule has 1 fully saturated rings. The first kappa shape index (κ1) is 13.3. The van der Waals surface area contributed by atoms with Crippen molar-refractivity contribution in [2.24, 2.45) is 0 Å². The van der Waals surface area contributed by atoms with Crippen molar-refractivity contribution in [1.82, 2.24) is 9.88 Å². The van der Waals surface area contributed by atoms with Gasteiger partial charge in [0.15, 0.2) is 0 Å². The van der Waals surface area contributed by atoms with Gasteiger partial charge in [-0.1, -0.05) is 12.5 Å². The molecule has 0 radical (unpaired) electrons. The predicted octanol–water partition coefficient (Wildman–Crippen LogP) is 3.42. The van der Waals surface area contributed by atoms with Crippen LogP contribution < -0.4 is 4.74 Å². The lowest BCUT2D eigenvalue weighted by Crippen LogP contribution is -2.38. The molecule has 2 heterocycles. The van der Waals surface area contributed by atoms with Crippen LogP contribution in [0, 0.1) is 0 Å². The van der Waals surface area contributed by atoms with Crippen molar-refractivity contribution in [3.63, 3.8) is 0 Å². The number of nitrogens with zero attached hydrogens (tertiary/aromatic N) is 2. The average molecular weight is 248 g/mol. The molecular weight excluding hydrogens is 224 g/mol. The van der Waals surface area contributed by atoms with E-state index < -0.39 is 0 Å². The van der Waals surface area contributed by atoms with E-state index in [2.05, 4.69) is 29.8 Å². The highest BCUT2D eigenvalue weighted by Crippen LogP contribution is 2.32. The second-order valence-electron chi connectivity index (χ2n) is 5.21. The second kappa shape index (κ2) is 6.19. The molecule has 100 valence electrons.